The van der Waals surface area contributed by atoms with Crippen molar-refractivity contribution in [2.24, 2.45) is 0 Å². The molecule has 2 saturated heterocycles. The highest BCUT2D eigenvalue weighted by atomic mass is 35.6. The first-order valence-corrected chi connectivity index (χ1v) is 34.2. The maximum atomic E-state index is 13.0. The predicted molar refractivity (Wildman–Crippen MR) is 367 cm³/mol. The van der Waals surface area contributed by atoms with Crippen molar-refractivity contribution in [2.75, 3.05) is 95.3 Å². The van der Waals surface area contributed by atoms with Gasteiger partial charge in [0.1, 0.15) is 50.0 Å². The normalized spacial score (nSPS) is 23.3. The molecule has 0 aliphatic carbocycles. The van der Waals surface area contributed by atoms with E-state index in [1.54, 1.807) is 28.1 Å². The van der Waals surface area contributed by atoms with E-state index in [1.807, 2.05) is 38.9 Å². The molecule has 12 rings (SSSR count). The first-order valence-electron chi connectivity index (χ1n) is 31.9. The molecule has 4 aromatic carbocycles. The summed E-state index contributed by atoms with van der Waals surface area (Å²) in [5.74, 6) is 3.46. The molecule has 0 radical (unpaired) electrons. The monoisotopic (exact) mass is 1520 g/mol. The zero-order valence-corrected chi connectivity index (χ0v) is 61.0. The van der Waals surface area contributed by atoms with E-state index in [2.05, 4.69) is 56.7 Å². The molecule has 542 valence electrons. The van der Waals surface area contributed by atoms with Gasteiger partial charge in [0.05, 0.1) is 50.5 Å². The Morgan fingerprint density at radius 3 is 1.42 bits per heavy atom. The number of phenols is 1. The van der Waals surface area contributed by atoms with Crippen molar-refractivity contribution in [3.8, 4) is 69.6 Å². The minimum absolute atomic E-state index is 0.0188. The lowest BCUT2D eigenvalue weighted by atomic mass is 9.71. The number of hydrogen-bond donors (Lipinski definition) is 3. The van der Waals surface area contributed by atoms with E-state index in [0.29, 0.717) is 92.0 Å². The highest BCUT2D eigenvalue weighted by Gasteiger charge is 2.59. The number of nitriles is 2. The largest absolute Gasteiger partial charge is 0.514 e. The minimum atomic E-state index is -1.83. The van der Waals surface area contributed by atoms with E-state index in [1.165, 1.54) is 19.3 Å². The van der Waals surface area contributed by atoms with Crippen molar-refractivity contribution < 1.29 is 90.6 Å². The molecule has 0 aromatic heterocycles. The molecular weight excluding hydrogens is 1450 g/mol. The third-order valence-electron chi connectivity index (χ3n) is 19.5. The molecule has 0 spiro atoms. The van der Waals surface area contributed by atoms with Gasteiger partial charge in [0.25, 0.3) is 0 Å². The second-order valence-corrected chi connectivity index (χ2v) is 30.1. The van der Waals surface area contributed by atoms with Crippen LogP contribution in [0.3, 0.4) is 0 Å². The van der Waals surface area contributed by atoms with Crippen LogP contribution in [-0.2, 0) is 49.4 Å². The Labute approximate surface area is 612 Å². The fraction of sp³-hybridized carbons (Fsp3) is 0.500. The predicted octanol–water partition coefficient (Wildman–Crippen LogP) is 10.9. The molecule has 10 atom stereocenters. The molecular formula is C68H74Cl6N8O19. The number of benzene rings is 4. The number of carbonyl (C=O) groups excluding carboxylic acids is 4. The molecule has 3 N–H and O–H groups in total. The number of piperazine rings is 2. The summed E-state index contributed by atoms with van der Waals surface area (Å²) in [6.45, 7) is 13.0. The fourth-order valence-electron chi connectivity index (χ4n) is 15.8. The number of aryl methyl sites for hydroxylation is 2. The number of alkyl carbamates (subject to hydrolysis) is 2. The van der Waals surface area contributed by atoms with E-state index < -0.39 is 87.6 Å². The van der Waals surface area contributed by atoms with Crippen LogP contribution in [0.15, 0.2) is 37.4 Å². The van der Waals surface area contributed by atoms with Crippen molar-refractivity contribution in [1.29, 1.82) is 10.5 Å². The number of amides is 2. The lowest BCUT2D eigenvalue weighted by Crippen LogP contribution is -2.68. The number of methoxy groups -OCH3 is 3. The molecule has 8 heterocycles. The molecule has 33 heteroatoms. The average molecular weight is 1520 g/mol. The Kier molecular flexibility index (Phi) is 22.4. The SMILES string of the molecule is C=CCOC(=O)Oc1c(C)c2c(c3c1CC1[C@H]4c5c(cc(C)c(OC)c5O)C[C@@H]([C@H](C#N)N1[C@H]3CNC(=O)OCC(Cl)(Cl)Cl)N4C)OCO2.C=CCOC(=O)Oc1c(C)c2c(c3c1CC1[C@H]4c5c(cc(C)c(OC)c5OCOC)C[C@@H]([C@H](C#N)N1[C@H]3CNC(=O)OCC(Cl)(Cl)Cl)N4C)OCO2. The number of likely N-dealkylation sites (N-methyl/N-ethyl adjacent to an activating group) is 2. The van der Waals surface area contributed by atoms with Crippen molar-refractivity contribution >= 4 is 94.1 Å². The van der Waals surface area contributed by atoms with Gasteiger partial charge in [-0.25, -0.2) is 19.2 Å². The van der Waals surface area contributed by atoms with Crippen LogP contribution < -0.4 is 53.3 Å². The second-order valence-electron chi connectivity index (χ2n) is 25.1. The summed E-state index contributed by atoms with van der Waals surface area (Å²) in [5.41, 5.74) is 8.52. The maximum absolute atomic E-state index is 13.0. The first-order chi connectivity index (χ1) is 48.1. The zero-order valence-electron chi connectivity index (χ0n) is 56.4. The first kappa shape index (κ1) is 74.5. The molecule has 27 nitrogen and oxygen atoms in total. The van der Waals surface area contributed by atoms with Gasteiger partial charge in [0.15, 0.2) is 52.8 Å². The van der Waals surface area contributed by atoms with Crippen LogP contribution in [0.4, 0.5) is 19.2 Å². The molecule has 4 aromatic rings. The van der Waals surface area contributed by atoms with Gasteiger partial charge in [0, 0.05) is 88.9 Å². The van der Waals surface area contributed by atoms with Crippen LogP contribution in [-0.4, -0.2) is 188 Å². The van der Waals surface area contributed by atoms with Gasteiger partial charge in [-0.2, -0.15) is 10.5 Å². The van der Waals surface area contributed by atoms with Crippen LogP contribution in [0, 0.1) is 50.4 Å². The van der Waals surface area contributed by atoms with E-state index in [-0.39, 0.29) is 94.9 Å². The fourth-order valence-corrected chi connectivity index (χ4v) is 16.1. The Morgan fingerprint density at radius 1 is 0.594 bits per heavy atom. The summed E-state index contributed by atoms with van der Waals surface area (Å²) < 4.78 is 75.8. The minimum Gasteiger partial charge on any atom is -0.504 e. The standard InChI is InChI=1S/C35H39Cl3N4O10.C33H35Cl3N4O9/c1-7-8-47-34(44)52-29-18(3)30-32(51-16-50-30)26-20(29)11-22-27-25-19(9-17(2)28(46-6)31(25)49-15-45-5)10-21(41(27)4)23(12-39)42(22)24(26)13-40-33(43)48-14-35(36,37)38;1-6-7-45-32(43)49-28-16(3)29-30(48-14-47-29)24-18(28)10-20-25-23-17(8-15(2)27(44-5)26(23)41)9-19(39(25)4)21(11-37)40(20)22(24)12-38-31(42)46-13-33(34,35)36/h7,9,21-24,27H,1,8,10-11,13-16H2,2-6H3,(H,40,43);6,8,19-22,25,41H,1,7,9-10,12-14H2,2-5H3,(H,38,42)/t21-,22?,23-,24-,27-;19-,20?,21-,22-,25-/m00/s1. The van der Waals surface area contributed by atoms with Gasteiger partial charge in [-0.15, -0.1) is 0 Å². The Bertz CT molecular complexity index is 4050. The van der Waals surface area contributed by atoms with Crippen LogP contribution in [0.5, 0.6) is 57.5 Å². The summed E-state index contributed by atoms with van der Waals surface area (Å²) in [6, 6.07) is 3.99. The Morgan fingerprint density at radius 2 is 1.01 bits per heavy atom. The van der Waals surface area contributed by atoms with Gasteiger partial charge in [-0.1, -0.05) is 107 Å². The Balaban J connectivity index is 0.000000204. The van der Waals surface area contributed by atoms with Crippen molar-refractivity contribution in [3.05, 3.63) is 104 Å². The number of aromatic hydroxyl groups is 1. The lowest BCUT2D eigenvalue weighted by Gasteiger charge is -2.60. The number of fused-ring (bicyclic) bond motifs is 18. The highest BCUT2D eigenvalue weighted by Crippen LogP contribution is 2.61. The van der Waals surface area contributed by atoms with Gasteiger partial charge in [-0.3, -0.25) is 19.6 Å². The third kappa shape index (κ3) is 14.2. The smallest absolute Gasteiger partial charge is 0.504 e. The number of halogens is 6. The van der Waals surface area contributed by atoms with E-state index in [9.17, 15) is 34.8 Å². The highest BCUT2D eigenvalue weighted by molar-refractivity contribution is 6.68. The summed E-state index contributed by atoms with van der Waals surface area (Å²) in [4.78, 5) is 60.3. The second kappa shape index (κ2) is 30.4. The van der Waals surface area contributed by atoms with Crippen LogP contribution in [0.25, 0.3) is 0 Å². The topological polar surface area (TPSA) is 302 Å². The van der Waals surface area contributed by atoms with Crippen LogP contribution in [0.2, 0.25) is 0 Å². The molecule has 101 heavy (non-hydrogen) atoms. The molecule has 2 amide bonds. The number of phenolic OH excluding ortho intramolecular Hbond substituents is 1. The van der Waals surface area contributed by atoms with Crippen molar-refractivity contribution in [2.45, 2.75) is 121 Å². The number of carbonyl (C=O) groups is 4. The summed E-state index contributed by atoms with van der Waals surface area (Å²) in [6.07, 6.45) is 0.782. The number of rotatable bonds is 17. The number of nitrogens with one attached hydrogen (secondary N) is 2. The van der Waals surface area contributed by atoms with E-state index in [4.69, 9.17) is 136 Å². The van der Waals surface area contributed by atoms with Crippen molar-refractivity contribution in [1.82, 2.24) is 30.2 Å². The molecule has 8 aliphatic rings. The summed E-state index contributed by atoms with van der Waals surface area (Å²) in [7, 11) is 8.54. The molecule has 2 unspecified atom stereocenters. The average Bonchev–Trinajstić information content (AvgIpc) is 1.18. The quantitative estimate of drug-likeness (QED) is 0.0221. The van der Waals surface area contributed by atoms with Crippen molar-refractivity contribution in [3.63, 3.8) is 0 Å². The van der Waals surface area contributed by atoms with Gasteiger partial charge < -0.3 is 82.1 Å². The molecule has 8 aliphatic heterocycles. The van der Waals surface area contributed by atoms with E-state index >= 15 is 0 Å². The number of ether oxygens (including phenoxy) is 14. The van der Waals surface area contributed by atoms with Gasteiger partial charge in [-0.05, 0) is 89.7 Å². The third-order valence-corrected chi connectivity index (χ3v) is 20.1. The molecule has 2 fully saturated rings. The number of hydrogen-bond acceptors (Lipinski definition) is 25. The lowest BCUT2D eigenvalue weighted by molar-refractivity contribution is -0.0731. The summed E-state index contributed by atoms with van der Waals surface area (Å²) in [5, 5.41) is 39.0. The maximum Gasteiger partial charge on any atom is 0.514 e. The summed E-state index contributed by atoms with van der Waals surface area (Å²) >= 11 is 34.9. The van der Waals surface area contributed by atoms with Gasteiger partial charge >= 0.3 is 24.5 Å². The Hall–Kier alpha value is -7.64. The number of alkyl halides is 6. The molecule has 4 bridgehead atoms. The van der Waals surface area contributed by atoms with Crippen LogP contribution >= 0.6 is 69.6 Å². The zero-order chi connectivity index (χ0) is 72.8. The molecule has 0 saturated carbocycles. The number of nitrogens with zero attached hydrogens (tertiary/aromatic N) is 6. The van der Waals surface area contributed by atoms with Gasteiger partial charge in [0.2, 0.25) is 21.2 Å². The van der Waals surface area contributed by atoms with E-state index in [0.717, 1.165) is 27.8 Å². The van der Waals surface area contributed by atoms with Crippen LogP contribution in [0.1, 0.15) is 90.9 Å².